The van der Waals surface area contributed by atoms with Crippen LogP contribution < -0.4 is 0 Å². The minimum Gasteiger partial charge on any atom is -0.373 e. The number of rotatable bonds is 4. The van der Waals surface area contributed by atoms with Crippen molar-refractivity contribution in [3.63, 3.8) is 0 Å². The van der Waals surface area contributed by atoms with Crippen LogP contribution in [0, 0.1) is 12.8 Å². The van der Waals surface area contributed by atoms with Crippen molar-refractivity contribution in [3.8, 4) is 0 Å². The highest BCUT2D eigenvalue weighted by Crippen LogP contribution is 2.34. The number of hydrogen-bond donors (Lipinski definition) is 0. The van der Waals surface area contributed by atoms with Crippen LogP contribution in [-0.2, 0) is 9.47 Å². The van der Waals surface area contributed by atoms with E-state index in [1.54, 1.807) is 12.4 Å². The fourth-order valence-corrected chi connectivity index (χ4v) is 3.67. The van der Waals surface area contributed by atoms with Gasteiger partial charge in [0.05, 0.1) is 18.2 Å². The second-order valence-corrected chi connectivity index (χ2v) is 7.07. The maximum absolute atomic E-state index is 12.9. The Morgan fingerprint density at radius 1 is 1.39 bits per heavy atom. The summed E-state index contributed by atoms with van der Waals surface area (Å²) in [5.41, 5.74) is 1.67. The monoisotopic (exact) mass is 316 g/mol. The first-order valence-electron chi connectivity index (χ1n) is 8.68. The Balaban J connectivity index is 1.51. The molecule has 5 heteroatoms. The molecule has 0 N–H and O–H groups in total. The molecule has 3 atom stereocenters. The first kappa shape index (κ1) is 15.1. The summed E-state index contributed by atoms with van der Waals surface area (Å²) in [6.45, 7) is 4.18. The zero-order valence-corrected chi connectivity index (χ0v) is 13.6. The molecule has 3 heterocycles. The van der Waals surface area contributed by atoms with Crippen molar-refractivity contribution >= 4 is 5.91 Å². The van der Waals surface area contributed by atoms with Gasteiger partial charge >= 0.3 is 0 Å². The Bertz CT molecular complexity index is 587. The zero-order chi connectivity index (χ0) is 15.8. The number of fused-ring (bicyclic) bond motifs is 1. The number of aryl methyl sites for hydroxylation is 1. The molecule has 0 aromatic carbocycles. The van der Waals surface area contributed by atoms with E-state index in [4.69, 9.17) is 9.47 Å². The van der Waals surface area contributed by atoms with E-state index >= 15 is 0 Å². The number of amides is 1. The van der Waals surface area contributed by atoms with E-state index < -0.39 is 0 Å². The molecule has 23 heavy (non-hydrogen) atoms. The van der Waals surface area contributed by atoms with Gasteiger partial charge in [-0.05, 0) is 50.2 Å². The lowest BCUT2D eigenvalue weighted by atomic mass is 10.0. The average molecular weight is 316 g/mol. The van der Waals surface area contributed by atoms with Crippen LogP contribution in [0.4, 0.5) is 0 Å². The van der Waals surface area contributed by atoms with Gasteiger partial charge in [0.25, 0.3) is 5.91 Å². The number of likely N-dealkylation sites (tertiary alicyclic amines) is 1. The normalized spacial score (nSPS) is 30.3. The largest absolute Gasteiger partial charge is 0.373 e. The Morgan fingerprint density at radius 3 is 3.04 bits per heavy atom. The first-order valence-corrected chi connectivity index (χ1v) is 8.68. The average Bonchev–Trinajstić information content (AvgIpc) is 3.33. The zero-order valence-electron chi connectivity index (χ0n) is 13.6. The lowest BCUT2D eigenvalue weighted by Crippen LogP contribution is -2.44. The van der Waals surface area contributed by atoms with Crippen LogP contribution in [0.15, 0.2) is 18.5 Å². The Hall–Kier alpha value is -1.46. The maximum atomic E-state index is 12.9. The third kappa shape index (κ3) is 3.12. The summed E-state index contributed by atoms with van der Waals surface area (Å²) in [5, 5.41) is 0. The molecular formula is C18H24N2O3. The number of carbonyl (C=O) groups excluding carboxylic acids is 1. The Kier molecular flexibility index (Phi) is 4.07. The van der Waals surface area contributed by atoms with Gasteiger partial charge in [-0.2, -0.15) is 0 Å². The van der Waals surface area contributed by atoms with Crippen LogP contribution in [0.1, 0.15) is 41.6 Å². The molecule has 2 saturated heterocycles. The van der Waals surface area contributed by atoms with Crippen LogP contribution in [0.3, 0.4) is 0 Å². The van der Waals surface area contributed by atoms with Crippen LogP contribution >= 0.6 is 0 Å². The molecule has 1 amide bonds. The standard InChI is InChI=1S/C18H24N2O3/c1-12-7-14(9-19-8-12)18(21)20-10-16(23-11-13-4-5-13)17-15(20)3-2-6-22-17/h7-9,13,15-17H,2-6,10-11H2,1H3/t15-,16-,17+/m1/s1. The van der Waals surface area contributed by atoms with Gasteiger partial charge in [-0.3, -0.25) is 9.78 Å². The van der Waals surface area contributed by atoms with Crippen molar-refractivity contribution in [2.24, 2.45) is 5.92 Å². The molecule has 0 bridgehead atoms. The Morgan fingerprint density at radius 2 is 2.26 bits per heavy atom. The van der Waals surface area contributed by atoms with Crippen LogP contribution in [0.2, 0.25) is 0 Å². The van der Waals surface area contributed by atoms with E-state index in [0.717, 1.165) is 37.5 Å². The van der Waals surface area contributed by atoms with Crippen molar-refractivity contribution in [1.29, 1.82) is 0 Å². The molecule has 1 saturated carbocycles. The van der Waals surface area contributed by atoms with Crippen LogP contribution in [0.5, 0.6) is 0 Å². The van der Waals surface area contributed by atoms with Crippen LogP contribution in [0.25, 0.3) is 0 Å². The van der Waals surface area contributed by atoms with Gasteiger partial charge in [0.15, 0.2) is 0 Å². The Labute approximate surface area is 137 Å². The van der Waals surface area contributed by atoms with Crippen molar-refractivity contribution in [2.45, 2.75) is 50.9 Å². The SMILES string of the molecule is Cc1cncc(C(=O)N2C[C@@H](OCC3CC3)[C@H]3OCCC[C@H]32)c1. The lowest BCUT2D eigenvalue weighted by Gasteiger charge is -2.32. The van der Waals surface area contributed by atoms with Gasteiger partial charge in [0.1, 0.15) is 12.2 Å². The third-order valence-corrected chi connectivity index (χ3v) is 5.10. The number of nitrogens with zero attached hydrogens (tertiary/aromatic N) is 2. The highest BCUT2D eigenvalue weighted by molar-refractivity contribution is 5.94. The number of carbonyl (C=O) groups is 1. The third-order valence-electron chi connectivity index (χ3n) is 5.10. The van der Waals surface area contributed by atoms with E-state index in [1.165, 1.54) is 12.8 Å². The van der Waals surface area contributed by atoms with Gasteiger partial charge in [0.2, 0.25) is 0 Å². The molecule has 0 unspecified atom stereocenters. The van der Waals surface area contributed by atoms with Gasteiger partial charge in [-0.1, -0.05) is 0 Å². The second-order valence-electron chi connectivity index (χ2n) is 7.07. The van der Waals surface area contributed by atoms with Gasteiger partial charge < -0.3 is 14.4 Å². The highest BCUT2D eigenvalue weighted by Gasteiger charge is 2.47. The molecule has 2 aliphatic heterocycles. The highest BCUT2D eigenvalue weighted by atomic mass is 16.5. The smallest absolute Gasteiger partial charge is 0.255 e. The molecule has 1 aromatic rings. The fraction of sp³-hybridized carbons (Fsp3) is 0.667. The van der Waals surface area contributed by atoms with E-state index in [2.05, 4.69) is 4.98 Å². The van der Waals surface area contributed by atoms with Crippen LogP contribution in [-0.4, -0.2) is 53.8 Å². The van der Waals surface area contributed by atoms with Crippen molar-refractivity contribution in [2.75, 3.05) is 19.8 Å². The molecule has 5 nitrogen and oxygen atoms in total. The summed E-state index contributed by atoms with van der Waals surface area (Å²) in [5.74, 6) is 0.780. The minimum absolute atomic E-state index is 0.0163. The molecule has 4 rings (SSSR count). The quantitative estimate of drug-likeness (QED) is 0.854. The lowest BCUT2D eigenvalue weighted by molar-refractivity contribution is -0.0781. The first-order chi connectivity index (χ1) is 11.2. The molecule has 3 fully saturated rings. The molecule has 3 aliphatic rings. The number of ether oxygens (including phenoxy) is 2. The maximum Gasteiger partial charge on any atom is 0.255 e. The topological polar surface area (TPSA) is 51.7 Å². The molecule has 1 aliphatic carbocycles. The molecule has 1 aromatic heterocycles. The molecule has 124 valence electrons. The summed E-state index contributed by atoms with van der Waals surface area (Å²) in [6, 6.07) is 2.05. The number of pyridine rings is 1. The number of aromatic nitrogens is 1. The molecule has 0 spiro atoms. The summed E-state index contributed by atoms with van der Waals surface area (Å²) >= 11 is 0. The molecule has 0 radical (unpaired) electrons. The summed E-state index contributed by atoms with van der Waals surface area (Å²) in [7, 11) is 0. The summed E-state index contributed by atoms with van der Waals surface area (Å²) in [6.07, 6.45) is 8.04. The summed E-state index contributed by atoms with van der Waals surface area (Å²) < 4.78 is 12.1. The minimum atomic E-state index is 0.0163. The van der Waals surface area contributed by atoms with E-state index in [9.17, 15) is 4.79 Å². The van der Waals surface area contributed by atoms with Crippen molar-refractivity contribution in [3.05, 3.63) is 29.6 Å². The van der Waals surface area contributed by atoms with Gasteiger partial charge in [-0.15, -0.1) is 0 Å². The van der Waals surface area contributed by atoms with E-state index in [0.29, 0.717) is 12.1 Å². The fourth-order valence-electron chi connectivity index (χ4n) is 3.67. The van der Waals surface area contributed by atoms with E-state index in [-0.39, 0.29) is 24.2 Å². The van der Waals surface area contributed by atoms with Gasteiger partial charge in [0, 0.05) is 25.6 Å². The van der Waals surface area contributed by atoms with Crippen molar-refractivity contribution < 1.29 is 14.3 Å². The van der Waals surface area contributed by atoms with Gasteiger partial charge in [-0.25, -0.2) is 0 Å². The predicted octanol–water partition coefficient (Wildman–Crippen LogP) is 2.19. The second kappa shape index (κ2) is 6.21. The predicted molar refractivity (Wildman–Crippen MR) is 85.2 cm³/mol. The number of hydrogen-bond acceptors (Lipinski definition) is 4. The summed E-state index contributed by atoms with van der Waals surface area (Å²) in [4.78, 5) is 19.0. The molecular weight excluding hydrogens is 292 g/mol. The van der Waals surface area contributed by atoms with Crippen molar-refractivity contribution in [1.82, 2.24) is 9.88 Å². The van der Waals surface area contributed by atoms with E-state index in [1.807, 2.05) is 17.9 Å².